The number of nitrogens with one attached hydrogen (secondary N) is 1. The fraction of sp³-hybridized carbons (Fsp3) is 0.938. The molecule has 4 aliphatic rings. The molecular formula is C16H26BrNO. The lowest BCUT2D eigenvalue weighted by molar-refractivity contribution is -0.138. The summed E-state index contributed by atoms with van der Waals surface area (Å²) in [4.78, 5) is 12.4. The zero-order valence-electron chi connectivity index (χ0n) is 11.7. The van der Waals surface area contributed by atoms with Gasteiger partial charge in [0, 0.05) is 17.8 Å². The lowest BCUT2D eigenvalue weighted by Crippen LogP contribution is -2.51. The van der Waals surface area contributed by atoms with Crippen LogP contribution < -0.4 is 5.32 Å². The van der Waals surface area contributed by atoms with E-state index in [-0.39, 0.29) is 0 Å². The summed E-state index contributed by atoms with van der Waals surface area (Å²) < 4.78 is 0. The van der Waals surface area contributed by atoms with Crippen molar-refractivity contribution in [2.45, 2.75) is 51.4 Å². The van der Waals surface area contributed by atoms with Crippen molar-refractivity contribution >= 4 is 21.8 Å². The van der Waals surface area contributed by atoms with E-state index in [0.717, 1.165) is 42.0 Å². The Morgan fingerprint density at radius 3 is 2.16 bits per heavy atom. The molecule has 1 amide bonds. The molecule has 0 atom stereocenters. The molecule has 19 heavy (non-hydrogen) atoms. The maximum Gasteiger partial charge on any atom is 0.223 e. The van der Waals surface area contributed by atoms with Crippen LogP contribution in [0, 0.1) is 29.6 Å². The predicted octanol–water partition coefficient (Wildman–Crippen LogP) is 3.74. The molecule has 2 nitrogen and oxygen atoms in total. The van der Waals surface area contributed by atoms with Crippen LogP contribution in [0.1, 0.15) is 51.4 Å². The number of amides is 1. The topological polar surface area (TPSA) is 29.1 Å². The van der Waals surface area contributed by atoms with Gasteiger partial charge in [-0.15, -0.1) is 0 Å². The smallest absolute Gasteiger partial charge is 0.223 e. The Morgan fingerprint density at radius 1 is 0.947 bits per heavy atom. The van der Waals surface area contributed by atoms with Crippen LogP contribution in [0.5, 0.6) is 0 Å². The fourth-order valence-corrected chi connectivity index (χ4v) is 5.48. The highest BCUT2D eigenvalue weighted by Gasteiger charge is 2.50. The highest BCUT2D eigenvalue weighted by atomic mass is 79.9. The van der Waals surface area contributed by atoms with Gasteiger partial charge in [0.15, 0.2) is 0 Å². The van der Waals surface area contributed by atoms with Gasteiger partial charge in [0.25, 0.3) is 0 Å². The van der Waals surface area contributed by atoms with E-state index < -0.39 is 0 Å². The molecule has 0 heterocycles. The van der Waals surface area contributed by atoms with Gasteiger partial charge in [-0.1, -0.05) is 22.4 Å². The molecule has 4 fully saturated rings. The standard InChI is InChI=1S/C16H26BrNO/c17-4-2-1-3-5-18-16(19)15-13-7-11-6-12(9-13)10-14(15)8-11/h11-15H,1-10H2,(H,18,19). The maximum atomic E-state index is 12.4. The molecule has 4 rings (SSSR count). The van der Waals surface area contributed by atoms with Crippen molar-refractivity contribution in [2.24, 2.45) is 29.6 Å². The summed E-state index contributed by atoms with van der Waals surface area (Å²) in [6, 6.07) is 0. The average molecular weight is 328 g/mol. The number of carbonyl (C=O) groups excluding carboxylic acids is 1. The Bertz CT molecular complexity index is 303. The molecule has 4 bridgehead atoms. The van der Waals surface area contributed by atoms with Crippen molar-refractivity contribution in [3.8, 4) is 0 Å². The molecule has 1 N–H and O–H groups in total. The van der Waals surface area contributed by atoms with Crippen LogP contribution in [0.25, 0.3) is 0 Å². The number of unbranched alkanes of at least 4 members (excludes halogenated alkanes) is 2. The average Bonchev–Trinajstić information content (AvgIpc) is 2.37. The summed E-state index contributed by atoms with van der Waals surface area (Å²) in [5.74, 6) is 4.12. The van der Waals surface area contributed by atoms with Crippen LogP contribution >= 0.6 is 15.9 Å². The van der Waals surface area contributed by atoms with Crippen molar-refractivity contribution in [3.63, 3.8) is 0 Å². The van der Waals surface area contributed by atoms with Crippen molar-refractivity contribution < 1.29 is 4.79 Å². The number of carbonyl (C=O) groups is 1. The third-order valence-corrected chi connectivity index (χ3v) is 6.20. The first-order chi connectivity index (χ1) is 9.28. The molecule has 4 saturated carbocycles. The Hall–Kier alpha value is -0.0500. The number of rotatable bonds is 6. The SMILES string of the molecule is O=C(NCCCCCBr)C1C2CC3CC(C2)CC1C3. The Labute approximate surface area is 125 Å². The van der Waals surface area contributed by atoms with Crippen LogP contribution in [0.3, 0.4) is 0 Å². The largest absolute Gasteiger partial charge is 0.356 e. The molecule has 108 valence electrons. The van der Waals surface area contributed by atoms with Crippen molar-refractivity contribution in [1.82, 2.24) is 5.32 Å². The number of halogens is 1. The lowest BCUT2D eigenvalue weighted by Gasteiger charge is -2.53. The third kappa shape index (κ3) is 3.01. The van der Waals surface area contributed by atoms with Gasteiger partial charge < -0.3 is 5.32 Å². The molecule has 0 radical (unpaired) electrons. The minimum absolute atomic E-state index is 0.365. The van der Waals surface area contributed by atoms with Gasteiger partial charge in [0.2, 0.25) is 5.91 Å². The Morgan fingerprint density at radius 2 is 1.58 bits per heavy atom. The van der Waals surface area contributed by atoms with E-state index in [2.05, 4.69) is 21.2 Å². The van der Waals surface area contributed by atoms with E-state index in [0.29, 0.717) is 11.8 Å². The molecule has 0 aliphatic heterocycles. The van der Waals surface area contributed by atoms with Gasteiger partial charge in [-0.05, 0) is 68.6 Å². The normalized spacial score (nSPS) is 39.5. The van der Waals surface area contributed by atoms with E-state index in [1.807, 2.05) is 0 Å². The van der Waals surface area contributed by atoms with E-state index in [4.69, 9.17) is 0 Å². The summed E-state index contributed by atoms with van der Waals surface area (Å²) in [6.07, 6.45) is 10.4. The summed E-state index contributed by atoms with van der Waals surface area (Å²) in [6.45, 7) is 0.884. The molecule has 0 saturated heterocycles. The van der Waals surface area contributed by atoms with Gasteiger partial charge in [-0.3, -0.25) is 4.79 Å². The Kier molecular flexibility index (Phi) is 4.51. The van der Waals surface area contributed by atoms with E-state index in [9.17, 15) is 4.79 Å². The van der Waals surface area contributed by atoms with Gasteiger partial charge in [0.05, 0.1) is 0 Å². The van der Waals surface area contributed by atoms with E-state index in [1.54, 1.807) is 0 Å². The molecular weight excluding hydrogens is 302 g/mol. The van der Waals surface area contributed by atoms with Crippen LogP contribution in [-0.2, 0) is 4.79 Å². The number of hydrogen-bond acceptors (Lipinski definition) is 1. The summed E-state index contributed by atoms with van der Waals surface area (Å²) in [5.41, 5.74) is 0. The van der Waals surface area contributed by atoms with Gasteiger partial charge in [-0.25, -0.2) is 0 Å². The number of hydrogen-bond donors (Lipinski definition) is 1. The maximum absolute atomic E-state index is 12.4. The summed E-state index contributed by atoms with van der Waals surface area (Å²) in [7, 11) is 0. The van der Waals surface area contributed by atoms with Crippen LogP contribution in [-0.4, -0.2) is 17.8 Å². The van der Waals surface area contributed by atoms with Crippen molar-refractivity contribution in [3.05, 3.63) is 0 Å². The zero-order chi connectivity index (χ0) is 13.2. The molecule has 4 aliphatic carbocycles. The molecule has 0 unspecified atom stereocenters. The first-order valence-electron chi connectivity index (χ1n) is 8.11. The van der Waals surface area contributed by atoms with Crippen LogP contribution in [0.4, 0.5) is 0 Å². The predicted molar refractivity (Wildman–Crippen MR) is 81.2 cm³/mol. The molecule has 3 heteroatoms. The second-order valence-corrected chi connectivity index (χ2v) is 7.79. The van der Waals surface area contributed by atoms with Gasteiger partial charge >= 0.3 is 0 Å². The van der Waals surface area contributed by atoms with Crippen molar-refractivity contribution in [1.29, 1.82) is 0 Å². The lowest BCUT2D eigenvalue weighted by atomic mass is 9.51. The minimum atomic E-state index is 0.365. The van der Waals surface area contributed by atoms with E-state index in [1.165, 1.54) is 44.9 Å². The van der Waals surface area contributed by atoms with E-state index >= 15 is 0 Å². The first kappa shape index (κ1) is 13.9. The highest BCUT2D eigenvalue weighted by molar-refractivity contribution is 9.09. The minimum Gasteiger partial charge on any atom is -0.356 e. The highest BCUT2D eigenvalue weighted by Crippen LogP contribution is 2.56. The zero-order valence-corrected chi connectivity index (χ0v) is 13.3. The summed E-state index contributed by atoms with van der Waals surface area (Å²) in [5, 5.41) is 4.30. The fourth-order valence-electron chi connectivity index (χ4n) is 5.08. The molecule has 0 aromatic rings. The molecule has 0 spiro atoms. The quantitative estimate of drug-likeness (QED) is 0.584. The van der Waals surface area contributed by atoms with Crippen LogP contribution in [0.15, 0.2) is 0 Å². The molecule has 0 aromatic heterocycles. The monoisotopic (exact) mass is 327 g/mol. The molecule has 0 aromatic carbocycles. The van der Waals surface area contributed by atoms with Crippen LogP contribution in [0.2, 0.25) is 0 Å². The van der Waals surface area contributed by atoms with Crippen molar-refractivity contribution in [2.75, 3.05) is 11.9 Å². The third-order valence-electron chi connectivity index (χ3n) is 5.64. The number of alkyl halides is 1. The van der Waals surface area contributed by atoms with Gasteiger partial charge in [0.1, 0.15) is 0 Å². The summed E-state index contributed by atoms with van der Waals surface area (Å²) >= 11 is 3.45. The second-order valence-electron chi connectivity index (χ2n) is 7.00. The van der Waals surface area contributed by atoms with Gasteiger partial charge in [-0.2, -0.15) is 0 Å². The second kappa shape index (κ2) is 6.15. The Balaban J connectivity index is 1.47. The first-order valence-corrected chi connectivity index (χ1v) is 9.23.